The van der Waals surface area contributed by atoms with Gasteiger partial charge in [0.05, 0.1) is 16.8 Å². The molecule has 0 radical (unpaired) electrons. The summed E-state index contributed by atoms with van der Waals surface area (Å²) in [5, 5.41) is -0.402. The highest BCUT2D eigenvalue weighted by molar-refractivity contribution is 6.31. The van der Waals surface area contributed by atoms with Crippen LogP contribution in [0, 0.1) is 0 Å². The molecule has 0 fully saturated rings. The molecule has 3 nitrogen and oxygen atoms in total. The zero-order valence-electron chi connectivity index (χ0n) is 8.66. The molecule has 0 aliphatic rings. The number of benzene rings is 1. The van der Waals surface area contributed by atoms with Crippen molar-refractivity contribution >= 4 is 17.9 Å². The smallest absolute Gasteiger partial charge is 0.417 e. The first-order valence-corrected chi connectivity index (χ1v) is 5.08. The van der Waals surface area contributed by atoms with Crippen LogP contribution in [0.1, 0.15) is 16.2 Å². The molecule has 0 saturated carbocycles. The molecule has 94 valence electrons. The van der Waals surface area contributed by atoms with E-state index >= 15 is 0 Å². The van der Waals surface area contributed by atoms with E-state index < -0.39 is 16.8 Å². The summed E-state index contributed by atoms with van der Waals surface area (Å²) < 4.78 is 42.8. The van der Waals surface area contributed by atoms with Gasteiger partial charge in [-0.25, -0.2) is 4.98 Å². The van der Waals surface area contributed by atoms with Gasteiger partial charge in [0.2, 0.25) is 6.29 Å². The van der Waals surface area contributed by atoms with Gasteiger partial charge in [-0.1, -0.05) is 11.6 Å². The number of hydrogen-bond donors (Lipinski definition) is 0. The Balaban J connectivity index is 2.50. The highest BCUT2D eigenvalue weighted by Crippen LogP contribution is 2.37. The van der Waals surface area contributed by atoms with Crippen molar-refractivity contribution in [2.24, 2.45) is 0 Å². The molecule has 1 aromatic heterocycles. The zero-order chi connectivity index (χ0) is 13.3. The van der Waals surface area contributed by atoms with Crippen molar-refractivity contribution in [3.63, 3.8) is 0 Å². The van der Waals surface area contributed by atoms with Crippen LogP contribution < -0.4 is 0 Å². The largest absolute Gasteiger partial charge is 0.434 e. The average molecular weight is 276 g/mol. The molecule has 0 unspecified atom stereocenters. The lowest BCUT2D eigenvalue weighted by molar-refractivity contribution is -0.137. The van der Waals surface area contributed by atoms with E-state index in [2.05, 4.69) is 4.98 Å². The van der Waals surface area contributed by atoms with Gasteiger partial charge < -0.3 is 4.42 Å². The summed E-state index contributed by atoms with van der Waals surface area (Å²) in [6.45, 7) is 0. The van der Waals surface area contributed by atoms with Crippen LogP contribution in [0.25, 0.3) is 11.3 Å². The van der Waals surface area contributed by atoms with Crippen molar-refractivity contribution in [2.75, 3.05) is 0 Å². The molecule has 0 atom stereocenters. The quantitative estimate of drug-likeness (QED) is 0.782. The fraction of sp³-hybridized carbons (Fsp3) is 0.0909. The molecule has 0 amide bonds. The predicted molar refractivity (Wildman–Crippen MR) is 57.3 cm³/mol. The van der Waals surface area contributed by atoms with Gasteiger partial charge in [-0.3, -0.25) is 4.79 Å². The van der Waals surface area contributed by atoms with Crippen molar-refractivity contribution in [3.05, 3.63) is 40.9 Å². The number of oxazole rings is 1. The number of nitrogens with zero attached hydrogens (tertiary/aromatic N) is 1. The number of carbonyl (C=O) groups excluding carboxylic acids is 1. The van der Waals surface area contributed by atoms with Gasteiger partial charge in [0, 0.05) is 5.56 Å². The minimum Gasteiger partial charge on any atom is -0.434 e. The lowest BCUT2D eigenvalue weighted by Gasteiger charge is -2.09. The second-order valence-electron chi connectivity index (χ2n) is 3.37. The van der Waals surface area contributed by atoms with Crippen LogP contribution in [-0.2, 0) is 6.18 Å². The number of rotatable bonds is 2. The molecule has 0 aliphatic heterocycles. The van der Waals surface area contributed by atoms with Gasteiger partial charge in [-0.15, -0.1) is 0 Å². The Kier molecular flexibility index (Phi) is 3.13. The monoisotopic (exact) mass is 275 g/mol. The van der Waals surface area contributed by atoms with Crippen molar-refractivity contribution < 1.29 is 22.4 Å². The first kappa shape index (κ1) is 12.6. The number of halogens is 4. The van der Waals surface area contributed by atoms with Gasteiger partial charge in [-0.2, -0.15) is 13.2 Å². The molecule has 0 saturated heterocycles. The average Bonchev–Trinajstić information content (AvgIpc) is 2.76. The third kappa shape index (κ3) is 2.38. The van der Waals surface area contributed by atoms with Gasteiger partial charge >= 0.3 is 6.18 Å². The van der Waals surface area contributed by atoms with Crippen LogP contribution in [0.5, 0.6) is 0 Å². The Bertz CT molecular complexity index is 592. The number of hydrogen-bond acceptors (Lipinski definition) is 3. The van der Waals surface area contributed by atoms with Crippen molar-refractivity contribution in [3.8, 4) is 11.3 Å². The van der Waals surface area contributed by atoms with Gasteiger partial charge in [0.15, 0.2) is 5.76 Å². The first-order chi connectivity index (χ1) is 8.41. The molecule has 2 aromatic rings. The topological polar surface area (TPSA) is 43.1 Å². The Morgan fingerprint density at radius 3 is 2.61 bits per heavy atom. The van der Waals surface area contributed by atoms with Crippen LogP contribution >= 0.6 is 11.6 Å². The summed E-state index contributed by atoms with van der Waals surface area (Å²) in [5.41, 5.74) is -0.821. The summed E-state index contributed by atoms with van der Waals surface area (Å²) in [6, 6.07) is 3.31. The number of aldehydes is 1. The molecule has 0 bridgehead atoms. The van der Waals surface area contributed by atoms with E-state index in [4.69, 9.17) is 16.0 Å². The first-order valence-electron chi connectivity index (χ1n) is 4.70. The zero-order valence-corrected chi connectivity index (χ0v) is 9.42. The van der Waals surface area contributed by atoms with Gasteiger partial charge in [0.1, 0.15) is 0 Å². The molecular weight excluding hydrogens is 271 g/mol. The summed E-state index contributed by atoms with van der Waals surface area (Å²) >= 11 is 5.48. The summed E-state index contributed by atoms with van der Waals surface area (Å²) in [7, 11) is 0. The van der Waals surface area contributed by atoms with Crippen molar-refractivity contribution in [1.29, 1.82) is 0 Å². The Morgan fingerprint density at radius 2 is 2.06 bits per heavy atom. The van der Waals surface area contributed by atoms with E-state index in [0.29, 0.717) is 6.29 Å². The minimum absolute atomic E-state index is 0.0688. The second-order valence-corrected chi connectivity index (χ2v) is 3.78. The van der Waals surface area contributed by atoms with Crippen LogP contribution in [0.15, 0.2) is 28.8 Å². The second kappa shape index (κ2) is 4.45. The molecule has 2 rings (SSSR count). The van der Waals surface area contributed by atoms with Crippen molar-refractivity contribution in [2.45, 2.75) is 6.18 Å². The van der Waals surface area contributed by atoms with Gasteiger partial charge in [-0.05, 0) is 18.2 Å². The van der Waals surface area contributed by atoms with E-state index in [1.54, 1.807) is 0 Å². The predicted octanol–water partition coefficient (Wildman–Crippen LogP) is 3.83. The number of carbonyl (C=O) groups is 1. The maximum absolute atomic E-state index is 12.6. The third-order valence-electron chi connectivity index (χ3n) is 2.18. The van der Waals surface area contributed by atoms with E-state index in [9.17, 15) is 18.0 Å². The molecule has 0 spiro atoms. The SMILES string of the molecule is O=Cc1ncc(-c2ccc(Cl)c(C(F)(F)F)c2)o1. The van der Waals surface area contributed by atoms with Crippen LogP contribution in [-0.4, -0.2) is 11.3 Å². The van der Waals surface area contributed by atoms with Gasteiger partial charge in [0.25, 0.3) is 5.89 Å². The molecule has 0 aliphatic carbocycles. The standard InChI is InChI=1S/C11H5ClF3NO2/c12-8-2-1-6(3-7(8)11(13,14)15)9-4-16-10(5-17)18-9/h1-5H. The summed E-state index contributed by atoms with van der Waals surface area (Å²) in [6.07, 6.45) is -3.02. The maximum Gasteiger partial charge on any atom is 0.417 e. The Hall–Kier alpha value is -1.82. The van der Waals surface area contributed by atoms with Crippen molar-refractivity contribution in [1.82, 2.24) is 4.98 Å². The van der Waals surface area contributed by atoms with E-state index in [0.717, 1.165) is 12.1 Å². The lowest BCUT2D eigenvalue weighted by atomic mass is 10.1. The normalized spacial score (nSPS) is 11.6. The molecule has 0 N–H and O–H groups in total. The third-order valence-corrected chi connectivity index (χ3v) is 2.51. The fourth-order valence-electron chi connectivity index (χ4n) is 1.37. The van der Waals surface area contributed by atoms with Crippen LogP contribution in [0.2, 0.25) is 5.02 Å². The number of alkyl halides is 3. The summed E-state index contributed by atoms with van der Waals surface area (Å²) in [5.74, 6) is -0.132. The molecular formula is C11H5ClF3NO2. The van der Waals surface area contributed by atoms with E-state index in [-0.39, 0.29) is 17.2 Å². The Labute approximate surface area is 104 Å². The molecule has 1 aromatic carbocycles. The fourth-order valence-corrected chi connectivity index (χ4v) is 1.60. The van der Waals surface area contributed by atoms with Crippen LogP contribution in [0.4, 0.5) is 13.2 Å². The van der Waals surface area contributed by atoms with E-state index in [1.165, 1.54) is 12.3 Å². The highest BCUT2D eigenvalue weighted by atomic mass is 35.5. The lowest BCUT2D eigenvalue weighted by Crippen LogP contribution is -2.05. The Morgan fingerprint density at radius 1 is 1.33 bits per heavy atom. The minimum atomic E-state index is -4.55. The molecule has 7 heteroatoms. The number of aromatic nitrogens is 1. The molecule has 18 heavy (non-hydrogen) atoms. The van der Waals surface area contributed by atoms with Crippen LogP contribution in [0.3, 0.4) is 0 Å². The maximum atomic E-state index is 12.6. The van der Waals surface area contributed by atoms with E-state index in [1.807, 2.05) is 0 Å². The summed E-state index contributed by atoms with van der Waals surface area (Å²) in [4.78, 5) is 14.0. The molecule has 1 heterocycles. The highest BCUT2D eigenvalue weighted by Gasteiger charge is 2.33.